The Morgan fingerprint density at radius 3 is 1.37 bits per heavy atom. The molecule has 8 nitrogen and oxygen atoms in total. The SMILES string of the molecule is CCC(C)COc1ccc2ccc(Oc3ccc4ccc(Oc5ccc6ccc(OCC7CO7)cc6c5)cc4c3)cc2c1-c1ccc2ccc(OCC3CP3)c(-c3ccc4ccc(OCC5CO5)cc4c3)c2c1. The largest absolute Gasteiger partial charge is 0.493 e. The molecule has 0 aliphatic carbocycles. The molecule has 13 rings (SSSR count). The van der Waals surface area contributed by atoms with Crippen molar-refractivity contribution in [2.24, 2.45) is 5.92 Å². The highest BCUT2D eigenvalue weighted by atomic mass is 31.1. The zero-order valence-electron chi connectivity index (χ0n) is 40.9. The lowest BCUT2D eigenvalue weighted by Gasteiger charge is -2.19. The number of benzene rings is 10. The van der Waals surface area contributed by atoms with E-state index in [0.717, 1.165) is 157 Å². The molecule has 3 aliphatic heterocycles. The Hall–Kier alpha value is -7.35. The van der Waals surface area contributed by atoms with Gasteiger partial charge in [-0.15, -0.1) is 8.58 Å². The van der Waals surface area contributed by atoms with E-state index in [1.165, 1.54) is 6.16 Å². The summed E-state index contributed by atoms with van der Waals surface area (Å²) in [6, 6.07) is 59.3. The molecule has 3 aliphatic rings. The van der Waals surface area contributed by atoms with Crippen molar-refractivity contribution >= 4 is 62.4 Å². The Bertz CT molecular complexity index is 3710. The third-order valence-corrected chi connectivity index (χ3v) is 15.3. The van der Waals surface area contributed by atoms with E-state index in [0.29, 0.717) is 31.4 Å². The molecule has 3 heterocycles. The molecule has 5 unspecified atom stereocenters. The van der Waals surface area contributed by atoms with Crippen LogP contribution in [0.5, 0.6) is 46.0 Å². The van der Waals surface area contributed by atoms with Gasteiger partial charge in [-0.05, 0) is 174 Å². The Morgan fingerprint density at radius 2 is 0.849 bits per heavy atom. The lowest BCUT2D eigenvalue weighted by Crippen LogP contribution is -2.08. The third kappa shape index (κ3) is 10.2. The molecule has 0 amide bonds. The van der Waals surface area contributed by atoms with Crippen LogP contribution in [0.2, 0.25) is 0 Å². The van der Waals surface area contributed by atoms with Crippen molar-refractivity contribution in [2.45, 2.75) is 38.1 Å². The smallest absolute Gasteiger partial charge is 0.128 e. The summed E-state index contributed by atoms with van der Waals surface area (Å²) in [6.45, 7) is 8.42. The molecule has 3 saturated heterocycles. The van der Waals surface area contributed by atoms with Gasteiger partial charge in [-0.2, -0.15) is 0 Å². The molecule has 73 heavy (non-hydrogen) atoms. The van der Waals surface area contributed by atoms with Crippen LogP contribution in [0, 0.1) is 5.92 Å². The summed E-state index contributed by atoms with van der Waals surface area (Å²) >= 11 is 0. The van der Waals surface area contributed by atoms with Gasteiger partial charge >= 0.3 is 0 Å². The highest BCUT2D eigenvalue weighted by Crippen LogP contribution is 2.46. The van der Waals surface area contributed by atoms with Crippen molar-refractivity contribution in [2.75, 3.05) is 45.8 Å². The predicted molar refractivity (Wildman–Crippen MR) is 296 cm³/mol. The van der Waals surface area contributed by atoms with Crippen LogP contribution >= 0.6 is 8.58 Å². The average molecular weight is 983 g/mol. The summed E-state index contributed by atoms with van der Waals surface area (Å²) in [6.07, 6.45) is 2.65. The molecule has 364 valence electrons. The van der Waals surface area contributed by atoms with Gasteiger partial charge in [-0.1, -0.05) is 93.1 Å². The van der Waals surface area contributed by atoms with Gasteiger partial charge in [0.25, 0.3) is 0 Å². The molecule has 10 aromatic rings. The third-order valence-electron chi connectivity index (χ3n) is 14.2. The van der Waals surface area contributed by atoms with Gasteiger partial charge in [0.15, 0.2) is 0 Å². The molecule has 0 bridgehead atoms. The van der Waals surface area contributed by atoms with Crippen LogP contribution in [0.4, 0.5) is 0 Å². The first-order chi connectivity index (χ1) is 35.9. The van der Waals surface area contributed by atoms with Gasteiger partial charge < -0.3 is 37.9 Å². The van der Waals surface area contributed by atoms with E-state index in [1.54, 1.807) is 0 Å². The molecule has 10 aromatic carbocycles. The lowest BCUT2D eigenvalue weighted by atomic mass is 9.91. The summed E-state index contributed by atoms with van der Waals surface area (Å²) in [5, 5.41) is 10.9. The second-order valence-electron chi connectivity index (χ2n) is 19.7. The zero-order valence-corrected chi connectivity index (χ0v) is 41.9. The topological polar surface area (TPSA) is 80.4 Å². The van der Waals surface area contributed by atoms with Crippen LogP contribution in [0.1, 0.15) is 20.3 Å². The van der Waals surface area contributed by atoms with Gasteiger partial charge in [0.05, 0.1) is 26.4 Å². The van der Waals surface area contributed by atoms with E-state index in [9.17, 15) is 0 Å². The molecule has 0 saturated carbocycles. The molecule has 5 atom stereocenters. The minimum atomic E-state index is 0.188. The summed E-state index contributed by atoms with van der Waals surface area (Å²) in [7, 11) is 0.968. The van der Waals surface area contributed by atoms with Crippen LogP contribution in [-0.4, -0.2) is 63.7 Å². The Labute approximate surface area is 426 Å². The van der Waals surface area contributed by atoms with Gasteiger partial charge in [0, 0.05) is 16.8 Å². The number of hydrogen-bond donors (Lipinski definition) is 0. The van der Waals surface area contributed by atoms with Crippen LogP contribution in [-0.2, 0) is 9.47 Å². The van der Waals surface area contributed by atoms with Crippen molar-refractivity contribution in [1.29, 1.82) is 0 Å². The summed E-state index contributed by atoms with van der Waals surface area (Å²) < 4.78 is 49.5. The van der Waals surface area contributed by atoms with Crippen molar-refractivity contribution in [3.8, 4) is 68.2 Å². The van der Waals surface area contributed by atoms with Crippen molar-refractivity contribution in [1.82, 2.24) is 0 Å². The molecule has 0 radical (unpaired) electrons. The van der Waals surface area contributed by atoms with Gasteiger partial charge in [-0.3, -0.25) is 0 Å². The maximum absolute atomic E-state index is 6.77. The predicted octanol–water partition coefficient (Wildman–Crippen LogP) is 15.8. The maximum Gasteiger partial charge on any atom is 0.128 e. The minimum Gasteiger partial charge on any atom is -0.493 e. The Balaban J connectivity index is 0.847. The highest BCUT2D eigenvalue weighted by molar-refractivity contribution is 7.47. The quantitative estimate of drug-likeness (QED) is 0.0586. The molecule has 0 aromatic heterocycles. The molecular weight excluding hydrogens is 928 g/mol. The summed E-state index contributed by atoms with van der Waals surface area (Å²) in [5.74, 6) is 6.73. The highest BCUT2D eigenvalue weighted by Gasteiger charge is 2.25. The van der Waals surface area contributed by atoms with E-state index in [-0.39, 0.29) is 12.2 Å². The van der Waals surface area contributed by atoms with Gasteiger partial charge in [-0.25, -0.2) is 0 Å². The Kier molecular flexibility index (Phi) is 12.2. The number of ether oxygens (including phenoxy) is 8. The number of fused-ring (bicyclic) bond motifs is 5. The second-order valence-corrected chi connectivity index (χ2v) is 21.4. The number of rotatable bonds is 19. The van der Waals surface area contributed by atoms with E-state index < -0.39 is 0 Å². The maximum atomic E-state index is 6.77. The van der Waals surface area contributed by atoms with Crippen LogP contribution in [0.25, 0.3) is 76.1 Å². The monoisotopic (exact) mass is 982 g/mol. The zero-order chi connectivity index (χ0) is 48.8. The summed E-state index contributed by atoms with van der Waals surface area (Å²) in [4.78, 5) is 0. The molecule has 9 heteroatoms. The van der Waals surface area contributed by atoms with E-state index in [1.807, 2.05) is 36.4 Å². The standard InChI is InChI=1S/C64H55O8P/c1-3-39(2)32-69-61-22-15-44-13-21-55(72-54-20-12-42-11-19-53(28-49(42)29-54)71-52-18-10-41-9-17-51(26-48(41)27-52)66-34-57-36-68-57)31-60(44)64(61)46-7-5-43-14-23-62(70-37-58-38-73-58)63(59(43)30-46)45-6-4-40-8-16-50(25-47(40)24-45)65-33-56-35-67-56/h4-31,39,56-58,73H,3,32-38H2,1-2H3. The van der Waals surface area contributed by atoms with E-state index in [4.69, 9.17) is 37.9 Å². The average Bonchev–Trinajstić information content (AvgIpc) is 4.27. The normalized spacial score (nSPS) is 17.5. The van der Waals surface area contributed by atoms with Gasteiger partial charge in [0.1, 0.15) is 71.4 Å². The van der Waals surface area contributed by atoms with Crippen molar-refractivity contribution in [3.63, 3.8) is 0 Å². The lowest BCUT2D eigenvalue weighted by molar-refractivity contribution is 0.258. The first kappa shape index (κ1) is 45.5. The molecular formula is C64H55O8P. The Morgan fingerprint density at radius 1 is 0.438 bits per heavy atom. The van der Waals surface area contributed by atoms with Crippen LogP contribution in [0.15, 0.2) is 170 Å². The molecule has 0 N–H and O–H groups in total. The minimum absolute atomic E-state index is 0.188. The van der Waals surface area contributed by atoms with E-state index in [2.05, 4.69) is 147 Å². The summed E-state index contributed by atoms with van der Waals surface area (Å²) in [5.41, 5.74) is 4.88. The fourth-order valence-electron chi connectivity index (χ4n) is 9.51. The van der Waals surface area contributed by atoms with E-state index >= 15 is 0 Å². The first-order valence-corrected chi connectivity index (χ1v) is 26.8. The first-order valence-electron chi connectivity index (χ1n) is 25.5. The molecule has 0 spiro atoms. The van der Waals surface area contributed by atoms with Crippen LogP contribution in [0.3, 0.4) is 0 Å². The number of hydrogen-bond acceptors (Lipinski definition) is 8. The van der Waals surface area contributed by atoms with Crippen LogP contribution < -0.4 is 28.4 Å². The van der Waals surface area contributed by atoms with Crippen molar-refractivity contribution in [3.05, 3.63) is 170 Å². The number of epoxide rings is 2. The van der Waals surface area contributed by atoms with Gasteiger partial charge in [0.2, 0.25) is 0 Å². The molecule has 3 fully saturated rings. The fraction of sp³-hybridized carbons (Fsp3) is 0.219. The second kappa shape index (κ2) is 19.6. The fourth-order valence-corrected chi connectivity index (χ4v) is 10.00. The van der Waals surface area contributed by atoms with Crippen molar-refractivity contribution < 1.29 is 37.9 Å².